The van der Waals surface area contributed by atoms with Crippen LogP contribution < -0.4 is 0 Å². The van der Waals surface area contributed by atoms with Gasteiger partial charge in [0.25, 0.3) is 0 Å². The van der Waals surface area contributed by atoms with E-state index in [0.29, 0.717) is 0 Å². The van der Waals surface area contributed by atoms with Gasteiger partial charge in [0.15, 0.2) is 0 Å². The minimum absolute atomic E-state index is 0.447. The maximum atomic E-state index is 10.4. The number of aliphatic hydroxyl groups is 1. The Bertz CT molecular complexity index is 254. The number of nitrogens with zero attached hydrogens (tertiary/aromatic N) is 1. The Kier molecular flexibility index (Phi) is 5.31. The normalized spacial score (nSPS) is 20.6. The first-order valence-electron chi connectivity index (χ1n) is 6.40. The third kappa shape index (κ3) is 4.55. The van der Waals surface area contributed by atoms with Gasteiger partial charge in [0.2, 0.25) is 0 Å². The molecule has 0 radical (unpaired) electrons. The van der Waals surface area contributed by atoms with Crippen LogP contribution >= 0.6 is 0 Å². The lowest BCUT2D eigenvalue weighted by molar-refractivity contribution is -0.0284. The second kappa shape index (κ2) is 6.27. The van der Waals surface area contributed by atoms with Crippen molar-refractivity contribution in [2.24, 2.45) is 5.92 Å². The van der Waals surface area contributed by atoms with Crippen molar-refractivity contribution in [1.82, 2.24) is 4.90 Å². The van der Waals surface area contributed by atoms with Crippen LogP contribution in [0.4, 0.5) is 0 Å². The van der Waals surface area contributed by atoms with Crippen molar-refractivity contribution >= 4 is 0 Å². The Hall–Kier alpha value is -0.520. The van der Waals surface area contributed by atoms with Crippen LogP contribution in [0.5, 0.6) is 0 Å². The summed E-state index contributed by atoms with van der Waals surface area (Å²) in [6, 6.07) is 0. The van der Waals surface area contributed by atoms with Crippen LogP contribution in [-0.2, 0) is 0 Å². The summed E-state index contributed by atoms with van der Waals surface area (Å²) < 4.78 is 0. The number of rotatable bonds is 4. The highest BCUT2D eigenvalue weighted by atomic mass is 16.3. The smallest absolute Gasteiger partial charge is 0.0681 e. The van der Waals surface area contributed by atoms with E-state index in [2.05, 4.69) is 30.6 Å². The molecule has 1 aliphatic heterocycles. The Morgan fingerprint density at radius 2 is 1.94 bits per heavy atom. The van der Waals surface area contributed by atoms with E-state index in [-0.39, 0.29) is 0 Å². The third-order valence-electron chi connectivity index (χ3n) is 3.30. The summed E-state index contributed by atoms with van der Waals surface area (Å²) in [5.74, 6) is 6.65. The SMILES string of the molecule is CC#CCCC1(O)CCN(CC(C)C)CC1. The fourth-order valence-corrected chi connectivity index (χ4v) is 2.34. The molecule has 0 aliphatic carbocycles. The van der Waals surface area contributed by atoms with E-state index < -0.39 is 5.60 Å². The average molecular weight is 223 g/mol. The van der Waals surface area contributed by atoms with E-state index >= 15 is 0 Å². The predicted octanol–water partition coefficient (Wildman–Crippen LogP) is 2.27. The first-order chi connectivity index (χ1) is 7.56. The van der Waals surface area contributed by atoms with Crippen molar-refractivity contribution < 1.29 is 5.11 Å². The van der Waals surface area contributed by atoms with Gasteiger partial charge in [0.05, 0.1) is 5.60 Å². The number of hydrogen-bond donors (Lipinski definition) is 1. The van der Waals surface area contributed by atoms with Gasteiger partial charge < -0.3 is 10.0 Å². The molecule has 0 aromatic carbocycles. The molecule has 1 N–H and O–H groups in total. The van der Waals surface area contributed by atoms with Crippen LogP contribution in [-0.4, -0.2) is 35.2 Å². The molecule has 0 unspecified atom stereocenters. The molecule has 0 bridgehead atoms. The average Bonchev–Trinajstić information content (AvgIpc) is 2.22. The quantitative estimate of drug-likeness (QED) is 0.739. The lowest BCUT2D eigenvalue weighted by atomic mass is 9.87. The first-order valence-corrected chi connectivity index (χ1v) is 6.40. The Morgan fingerprint density at radius 3 is 2.44 bits per heavy atom. The minimum Gasteiger partial charge on any atom is -0.390 e. The van der Waals surface area contributed by atoms with Crippen molar-refractivity contribution in [3.63, 3.8) is 0 Å². The highest BCUT2D eigenvalue weighted by Gasteiger charge is 2.31. The van der Waals surface area contributed by atoms with Crippen molar-refractivity contribution in [1.29, 1.82) is 0 Å². The highest BCUT2D eigenvalue weighted by molar-refractivity contribution is 4.98. The topological polar surface area (TPSA) is 23.5 Å². The van der Waals surface area contributed by atoms with E-state index in [1.165, 1.54) is 0 Å². The van der Waals surface area contributed by atoms with Crippen LogP contribution in [0.15, 0.2) is 0 Å². The summed E-state index contributed by atoms with van der Waals surface area (Å²) in [5.41, 5.74) is -0.447. The summed E-state index contributed by atoms with van der Waals surface area (Å²) in [5, 5.41) is 10.4. The molecule has 1 fully saturated rings. The molecule has 2 heteroatoms. The molecule has 1 heterocycles. The molecule has 0 aromatic rings. The zero-order valence-corrected chi connectivity index (χ0v) is 10.9. The van der Waals surface area contributed by atoms with E-state index in [4.69, 9.17) is 0 Å². The monoisotopic (exact) mass is 223 g/mol. The molecule has 1 aliphatic rings. The van der Waals surface area contributed by atoms with Gasteiger partial charge in [-0.15, -0.1) is 11.8 Å². The fraction of sp³-hybridized carbons (Fsp3) is 0.857. The Balaban J connectivity index is 2.30. The summed E-state index contributed by atoms with van der Waals surface area (Å²) in [7, 11) is 0. The van der Waals surface area contributed by atoms with Gasteiger partial charge in [0, 0.05) is 26.1 Å². The number of piperidine rings is 1. The molecule has 1 saturated heterocycles. The Labute approximate surface area is 100 Å². The summed E-state index contributed by atoms with van der Waals surface area (Å²) in [6.45, 7) is 9.58. The molecule has 0 saturated carbocycles. The van der Waals surface area contributed by atoms with Crippen molar-refractivity contribution in [3.05, 3.63) is 0 Å². The van der Waals surface area contributed by atoms with Crippen molar-refractivity contribution in [3.8, 4) is 11.8 Å². The lowest BCUT2D eigenvalue weighted by Gasteiger charge is -2.38. The van der Waals surface area contributed by atoms with Gasteiger partial charge in [-0.1, -0.05) is 13.8 Å². The largest absolute Gasteiger partial charge is 0.390 e. The zero-order valence-electron chi connectivity index (χ0n) is 10.9. The molecule has 92 valence electrons. The van der Waals surface area contributed by atoms with E-state index in [1.54, 1.807) is 0 Å². The molecule has 16 heavy (non-hydrogen) atoms. The molecule has 2 nitrogen and oxygen atoms in total. The second-order valence-electron chi connectivity index (χ2n) is 5.35. The van der Waals surface area contributed by atoms with Gasteiger partial charge >= 0.3 is 0 Å². The van der Waals surface area contributed by atoms with E-state index in [9.17, 15) is 5.11 Å². The van der Waals surface area contributed by atoms with Gasteiger partial charge in [0.1, 0.15) is 0 Å². The van der Waals surface area contributed by atoms with Crippen LogP contribution in [0, 0.1) is 17.8 Å². The van der Waals surface area contributed by atoms with Crippen LogP contribution in [0.1, 0.15) is 46.5 Å². The van der Waals surface area contributed by atoms with Crippen LogP contribution in [0.2, 0.25) is 0 Å². The number of likely N-dealkylation sites (tertiary alicyclic amines) is 1. The summed E-state index contributed by atoms with van der Waals surface area (Å²) >= 11 is 0. The predicted molar refractivity (Wildman–Crippen MR) is 68.1 cm³/mol. The van der Waals surface area contributed by atoms with Gasteiger partial charge in [-0.3, -0.25) is 0 Å². The second-order valence-corrected chi connectivity index (χ2v) is 5.35. The molecular weight excluding hydrogens is 198 g/mol. The number of hydrogen-bond acceptors (Lipinski definition) is 2. The lowest BCUT2D eigenvalue weighted by Crippen LogP contribution is -2.45. The molecule has 0 atom stereocenters. The maximum absolute atomic E-state index is 10.4. The Morgan fingerprint density at radius 1 is 1.31 bits per heavy atom. The molecule has 0 aromatic heterocycles. The van der Waals surface area contributed by atoms with Gasteiger partial charge in [-0.05, 0) is 32.1 Å². The fourth-order valence-electron chi connectivity index (χ4n) is 2.34. The maximum Gasteiger partial charge on any atom is 0.0681 e. The third-order valence-corrected chi connectivity index (χ3v) is 3.30. The van der Waals surface area contributed by atoms with Crippen molar-refractivity contribution in [2.45, 2.75) is 52.1 Å². The summed E-state index contributed by atoms with van der Waals surface area (Å²) in [4.78, 5) is 2.46. The highest BCUT2D eigenvalue weighted by Crippen LogP contribution is 2.27. The zero-order chi connectivity index (χ0) is 12.0. The summed E-state index contributed by atoms with van der Waals surface area (Å²) in [6.07, 6.45) is 3.48. The first kappa shape index (κ1) is 13.5. The molecular formula is C14H25NO. The van der Waals surface area contributed by atoms with Gasteiger partial charge in [-0.25, -0.2) is 0 Å². The van der Waals surface area contributed by atoms with E-state index in [1.807, 2.05) is 6.92 Å². The van der Waals surface area contributed by atoms with Crippen LogP contribution in [0.25, 0.3) is 0 Å². The standard InChI is InChI=1S/C14H25NO/c1-4-5-6-7-14(16)8-10-15(11-9-14)12-13(2)3/h13,16H,6-12H2,1-3H3. The van der Waals surface area contributed by atoms with Crippen molar-refractivity contribution in [2.75, 3.05) is 19.6 Å². The molecule has 0 amide bonds. The van der Waals surface area contributed by atoms with E-state index in [0.717, 1.165) is 51.2 Å². The molecule has 1 rings (SSSR count). The molecule has 0 spiro atoms. The minimum atomic E-state index is -0.447. The van der Waals surface area contributed by atoms with Crippen LogP contribution in [0.3, 0.4) is 0 Å². The van der Waals surface area contributed by atoms with Gasteiger partial charge in [-0.2, -0.15) is 0 Å².